The van der Waals surface area contributed by atoms with Gasteiger partial charge in [0.1, 0.15) is 11.5 Å². The quantitative estimate of drug-likeness (QED) is 0.803. The number of carboxylic acid groups (broad SMARTS) is 1. The Bertz CT molecular complexity index is 472. The summed E-state index contributed by atoms with van der Waals surface area (Å²) in [5.74, 6) is -1.67. The molecule has 1 heterocycles. The molecule has 5 nitrogen and oxygen atoms in total. The van der Waals surface area contributed by atoms with Crippen molar-refractivity contribution in [2.45, 2.75) is 33.1 Å². The summed E-state index contributed by atoms with van der Waals surface area (Å²) in [5.41, 5.74) is -0.00299. The molecule has 0 fully saturated rings. The highest BCUT2D eigenvalue weighted by atomic mass is 19.1. The molecule has 0 saturated heterocycles. The molecule has 0 bridgehead atoms. The summed E-state index contributed by atoms with van der Waals surface area (Å²) < 4.78 is 12.7. The minimum absolute atomic E-state index is 0.112. The number of pyridine rings is 1. The van der Waals surface area contributed by atoms with E-state index in [1.807, 2.05) is 13.8 Å². The van der Waals surface area contributed by atoms with Gasteiger partial charge in [0, 0.05) is 13.0 Å². The molecule has 20 heavy (non-hydrogen) atoms. The van der Waals surface area contributed by atoms with Gasteiger partial charge in [-0.25, -0.2) is 9.37 Å². The Balaban J connectivity index is 2.38. The number of hydrogen-bond donors (Lipinski definition) is 2. The Labute approximate surface area is 117 Å². The number of carbonyl (C=O) groups excluding carboxylic acids is 1. The number of hydrogen-bond acceptors (Lipinski definition) is 3. The van der Waals surface area contributed by atoms with Gasteiger partial charge in [-0.15, -0.1) is 0 Å². The van der Waals surface area contributed by atoms with Gasteiger partial charge in [-0.1, -0.05) is 13.8 Å². The molecule has 0 atom stereocenters. The Hall–Kier alpha value is -1.98. The maximum atomic E-state index is 12.7. The lowest BCUT2D eigenvalue weighted by molar-refractivity contribution is -0.137. The van der Waals surface area contributed by atoms with Crippen LogP contribution in [0.1, 0.15) is 43.6 Å². The Morgan fingerprint density at radius 2 is 2.05 bits per heavy atom. The molecule has 0 spiro atoms. The lowest BCUT2D eigenvalue weighted by Gasteiger charge is -2.23. The predicted octanol–water partition coefficient (Wildman–Crippen LogP) is 2.23. The van der Waals surface area contributed by atoms with Crippen LogP contribution in [0.15, 0.2) is 18.3 Å². The van der Waals surface area contributed by atoms with E-state index >= 15 is 0 Å². The minimum atomic E-state index is -0.822. The fourth-order valence-electron chi connectivity index (χ4n) is 1.69. The molecule has 6 heteroatoms. The number of rotatable bonds is 7. The van der Waals surface area contributed by atoms with Crippen molar-refractivity contribution in [1.82, 2.24) is 10.3 Å². The summed E-state index contributed by atoms with van der Waals surface area (Å²) in [7, 11) is 0. The predicted molar refractivity (Wildman–Crippen MR) is 71.8 cm³/mol. The van der Waals surface area contributed by atoms with Crippen LogP contribution in [-0.2, 0) is 4.79 Å². The van der Waals surface area contributed by atoms with Gasteiger partial charge >= 0.3 is 5.97 Å². The molecule has 0 aromatic carbocycles. The third kappa shape index (κ3) is 5.77. The smallest absolute Gasteiger partial charge is 0.303 e. The minimum Gasteiger partial charge on any atom is -0.481 e. The van der Waals surface area contributed by atoms with E-state index in [4.69, 9.17) is 5.11 Å². The molecule has 0 aliphatic rings. The third-order valence-electron chi connectivity index (χ3n) is 3.06. The summed E-state index contributed by atoms with van der Waals surface area (Å²) >= 11 is 0. The average molecular weight is 282 g/mol. The molecule has 0 unspecified atom stereocenters. The van der Waals surface area contributed by atoms with E-state index in [9.17, 15) is 14.0 Å². The first-order valence-electron chi connectivity index (χ1n) is 6.42. The van der Waals surface area contributed by atoms with Crippen LogP contribution in [0, 0.1) is 11.2 Å². The van der Waals surface area contributed by atoms with Gasteiger partial charge in [-0.2, -0.15) is 0 Å². The first kappa shape index (κ1) is 16.1. The average Bonchev–Trinajstić information content (AvgIpc) is 2.37. The first-order valence-corrected chi connectivity index (χ1v) is 6.42. The standard InChI is InChI=1S/C14H19FN2O3/c1-14(2,6-5-12(18)19)7-8-16-13(20)11-4-3-10(15)9-17-11/h3-4,9H,5-8H2,1-2H3,(H,16,20)(H,18,19). The Kier molecular flexibility index (Phi) is 5.61. The molecule has 1 amide bonds. The first-order chi connectivity index (χ1) is 9.30. The number of carbonyl (C=O) groups is 2. The summed E-state index contributed by atoms with van der Waals surface area (Å²) in [6.07, 6.45) is 2.31. The molecule has 1 aromatic rings. The molecule has 2 N–H and O–H groups in total. The van der Waals surface area contributed by atoms with E-state index < -0.39 is 11.8 Å². The number of nitrogens with one attached hydrogen (secondary N) is 1. The van der Waals surface area contributed by atoms with Gasteiger partial charge < -0.3 is 10.4 Å². The van der Waals surface area contributed by atoms with Crippen LogP contribution in [0.25, 0.3) is 0 Å². The highest BCUT2D eigenvalue weighted by Crippen LogP contribution is 2.25. The van der Waals surface area contributed by atoms with Gasteiger partial charge in [0.25, 0.3) is 5.91 Å². The van der Waals surface area contributed by atoms with Gasteiger partial charge in [0.05, 0.1) is 6.20 Å². The second-order valence-corrected chi connectivity index (χ2v) is 5.43. The van der Waals surface area contributed by atoms with Crippen molar-refractivity contribution in [3.63, 3.8) is 0 Å². The van der Waals surface area contributed by atoms with Crippen molar-refractivity contribution >= 4 is 11.9 Å². The molecule has 1 rings (SSSR count). The zero-order chi connectivity index (χ0) is 15.2. The highest BCUT2D eigenvalue weighted by molar-refractivity contribution is 5.92. The summed E-state index contributed by atoms with van der Waals surface area (Å²) in [6, 6.07) is 2.50. The maximum Gasteiger partial charge on any atom is 0.303 e. The Morgan fingerprint density at radius 3 is 2.60 bits per heavy atom. The van der Waals surface area contributed by atoms with Gasteiger partial charge in [0.15, 0.2) is 0 Å². The molecule has 1 aromatic heterocycles. The molecular weight excluding hydrogens is 263 g/mol. The van der Waals surface area contributed by atoms with Crippen LogP contribution < -0.4 is 5.32 Å². The second-order valence-electron chi connectivity index (χ2n) is 5.43. The van der Waals surface area contributed by atoms with Gasteiger partial charge in [-0.3, -0.25) is 9.59 Å². The number of amides is 1. The van der Waals surface area contributed by atoms with Crippen LogP contribution >= 0.6 is 0 Å². The van der Waals surface area contributed by atoms with Crippen molar-refractivity contribution in [2.24, 2.45) is 5.41 Å². The second kappa shape index (κ2) is 6.98. The van der Waals surface area contributed by atoms with Crippen molar-refractivity contribution in [1.29, 1.82) is 0 Å². The van der Waals surface area contributed by atoms with Crippen LogP contribution in [0.4, 0.5) is 4.39 Å². The number of halogens is 1. The van der Waals surface area contributed by atoms with E-state index in [0.717, 1.165) is 6.20 Å². The zero-order valence-corrected chi connectivity index (χ0v) is 11.6. The third-order valence-corrected chi connectivity index (χ3v) is 3.06. The summed E-state index contributed by atoms with van der Waals surface area (Å²) in [5, 5.41) is 11.3. The van der Waals surface area contributed by atoms with Gasteiger partial charge in [0.2, 0.25) is 0 Å². The fourth-order valence-corrected chi connectivity index (χ4v) is 1.69. The summed E-state index contributed by atoms with van der Waals surface area (Å²) in [6.45, 7) is 4.33. The van der Waals surface area contributed by atoms with E-state index in [1.54, 1.807) is 0 Å². The molecule has 0 saturated carbocycles. The van der Waals surface area contributed by atoms with Crippen molar-refractivity contribution in [2.75, 3.05) is 6.54 Å². The van der Waals surface area contributed by atoms with E-state index in [2.05, 4.69) is 10.3 Å². The molecular formula is C14H19FN2O3. The zero-order valence-electron chi connectivity index (χ0n) is 11.6. The van der Waals surface area contributed by atoms with E-state index in [0.29, 0.717) is 19.4 Å². The van der Waals surface area contributed by atoms with Crippen molar-refractivity contribution in [3.8, 4) is 0 Å². The van der Waals surface area contributed by atoms with E-state index in [-0.39, 0.29) is 23.4 Å². The fraction of sp³-hybridized carbons (Fsp3) is 0.500. The van der Waals surface area contributed by atoms with Crippen molar-refractivity contribution in [3.05, 3.63) is 29.8 Å². The highest BCUT2D eigenvalue weighted by Gasteiger charge is 2.19. The largest absolute Gasteiger partial charge is 0.481 e. The summed E-state index contributed by atoms with van der Waals surface area (Å²) in [4.78, 5) is 25.9. The molecule has 0 radical (unpaired) electrons. The normalized spacial score (nSPS) is 11.2. The topological polar surface area (TPSA) is 79.3 Å². The van der Waals surface area contributed by atoms with Crippen LogP contribution in [0.3, 0.4) is 0 Å². The van der Waals surface area contributed by atoms with Crippen LogP contribution in [0.5, 0.6) is 0 Å². The SMILES string of the molecule is CC(C)(CCNC(=O)c1ccc(F)cn1)CCC(=O)O. The van der Waals surface area contributed by atoms with Crippen LogP contribution in [0.2, 0.25) is 0 Å². The number of aliphatic carboxylic acids is 1. The van der Waals surface area contributed by atoms with E-state index in [1.165, 1.54) is 12.1 Å². The maximum absolute atomic E-state index is 12.7. The lowest BCUT2D eigenvalue weighted by Crippen LogP contribution is -2.29. The number of carboxylic acids is 1. The monoisotopic (exact) mass is 282 g/mol. The number of aromatic nitrogens is 1. The lowest BCUT2D eigenvalue weighted by atomic mass is 9.84. The van der Waals surface area contributed by atoms with Crippen LogP contribution in [-0.4, -0.2) is 28.5 Å². The number of nitrogens with zero attached hydrogens (tertiary/aromatic N) is 1. The molecule has 0 aliphatic carbocycles. The Morgan fingerprint density at radius 1 is 1.35 bits per heavy atom. The molecule has 110 valence electrons. The van der Waals surface area contributed by atoms with Crippen molar-refractivity contribution < 1.29 is 19.1 Å². The van der Waals surface area contributed by atoms with Gasteiger partial charge in [-0.05, 0) is 30.4 Å². The molecule has 0 aliphatic heterocycles.